The summed E-state index contributed by atoms with van der Waals surface area (Å²) in [4.78, 5) is 11.5. The zero-order chi connectivity index (χ0) is 27.9. The molecule has 0 radical (unpaired) electrons. The molecule has 1 aliphatic carbocycles. The molecule has 2 aromatic heterocycles. The third-order valence-electron chi connectivity index (χ3n) is 7.24. The molecule has 10 nitrogen and oxygen atoms in total. The summed E-state index contributed by atoms with van der Waals surface area (Å²) in [6.45, 7) is 11.4. The van der Waals surface area contributed by atoms with Crippen LogP contribution in [0.15, 0.2) is 36.1 Å². The Labute approximate surface area is 230 Å². The van der Waals surface area contributed by atoms with Gasteiger partial charge in [0, 0.05) is 31.5 Å². The van der Waals surface area contributed by atoms with Crippen molar-refractivity contribution in [3.05, 3.63) is 47.8 Å². The van der Waals surface area contributed by atoms with Crippen molar-refractivity contribution in [2.75, 3.05) is 30.8 Å². The standard InChI is InChI=1S/C28H37N7O3S/c1-7-19-14-29-28(32-26(19)30-24-16-35(6)33-27(24)39(36,37)17(2)3)31-23-12-18(4)22(20-10-11-34(5)15-20)13-25(23)38-21-8-9-21/h7,12-14,16-17,20-21H,1,8-11,15H2,2-6H3,(H2,29,30,31,32). The minimum atomic E-state index is -3.61. The molecule has 0 amide bonds. The number of nitrogens with one attached hydrogen (secondary N) is 2. The predicted molar refractivity (Wildman–Crippen MR) is 154 cm³/mol. The molecule has 1 aromatic carbocycles. The molecule has 0 spiro atoms. The number of rotatable bonds is 10. The van der Waals surface area contributed by atoms with Gasteiger partial charge in [-0.2, -0.15) is 10.1 Å². The van der Waals surface area contributed by atoms with Gasteiger partial charge in [-0.05, 0) is 82.8 Å². The first kappa shape index (κ1) is 27.1. The molecule has 3 heterocycles. The highest BCUT2D eigenvalue weighted by atomic mass is 32.2. The number of benzene rings is 1. The molecule has 1 atom stereocenters. The van der Waals surface area contributed by atoms with E-state index in [0.717, 1.165) is 43.8 Å². The summed E-state index contributed by atoms with van der Waals surface area (Å²) in [5, 5.41) is 10.1. The second-order valence-corrected chi connectivity index (χ2v) is 13.3. The maximum absolute atomic E-state index is 12.9. The molecule has 1 saturated heterocycles. The van der Waals surface area contributed by atoms with E-state index in [4.69, 9.17) is 4.74 Å². The molecule has 1 aliphatic heterocycles. The largest absolute Gasteiger partial charge is 0.488 e. The highest BCUT2D eigenvalue weighted by molar-refractivity contribution is 7.92. The first-order valence-corrected chi connectivity index (χ1v) is 14.9. The van der Waals surface area contributed by atoms with Gasteiger partial charge in [0.2, 0.25) is 20.8 Å². The van der Waals surface area contributed by atoms with E-state index in [1.165, 1.54) is 15.8 Å². The van der Waals surface area contributed by atoms with Gasteiger partial charge in [0.25, 0.3) is 0 Å². The van der Waals surface area contributed by atoms with Gasteiger partial charge in [0.15, 0.2) is 0 Å². The summed E-state index contributed by atoms with van der Waals surface area (Å²) in [7, 11) is 0.231. The number of ether oxygens (including phenoxy) is 1. The fourth-order valence-electron chi connectivity index (χ4n) is 4.83. The van der Waals surface area contributed by atoms with Crippen LogP contribution in [-0.4, -0.2) is 64.6 Å². The third kappa shape index (κ3) is 5.79. The Balaban J connectivity index is 1.47. The normalized spacial score (nSPS) is 17.9. The molecule has 1 saturated carbocycles. The number of sulfone groups is 1. The fraction of sp³-hybridized carbons (Fsp3) is 0.464. The topological polar surface area (TPSA) is 114 Å². The molecule has 0 bridgehead atoms. The van der Waals surface area contributed by atoms with Crippen molar-refractivity contribution in [1.82, 2.24) is 24.6 Å². The minimum absolute atomic E-state index is 0.0213. The Kier molecular flexibility index (Phi) is 7.39. The van der Waals surface area contributed by atoms with Crippen molar-refractivity contribution in [3.63, 3.8) is 0 Å². The van der Waals surface area contributed by atoms with Gasteiger partial charge in [-0.3, -0.25) is 4.68 Å². The Hall–Kier alpha value is -3.44. The van der Waals surface area contributed by atoms with Gasteiger partial charge < -0.3 is 20.3 Å². The van der Waals surface area contributed by atoms with Crippen molar-refractivity contribution in [3.8, 4) is 5.75 Å². The monoisotopic (exact) mass is 551 g/mol. The first-order chi connectivity index (χ1) is 18.5. The van der Waals surface area contributed by atoms with Crippen molar-refractivity contribution >= 4 is 39.1 Å². The number of aromatic nitrogens is 4. The van der Waals surface area contributed by atoms with Crippen LogP contribution in [-0.2, 0) is 16.9 Å². The quantitative estimate of drug-likeness (QED) is 0.367. The molecular formula is C28H37N7O3S. The van der Waals surface area contributed by atoms with Gasteiger partial charge in [-0.15, -0.1) is 0 Å². The molecule has 208 valence electrons. The lowest BCUT2D eigenvalue weighted by Crippen LogP contribution is -2.16. The SMILES string of the molecule is C=Cc1cnc(Nc2cc(C)c(C3CCN(C)C3)cc2OC2CC2)nc1Nc1cn(C)nc1S(=O)(=O)C(C)C. The van der Waals surface area contributed by atoms with E-state index in [0.29, 0.717) is 28.9 Å². The van der Waals surface area contributed by atoms with E-state index in [2.05, 4.69) is 63.3 Å². The van der Waals surface area contributed by atoms with Crippen molar-refractivity contribution in [1.29, 1.82) is 0 Å². The summed E-state index contributed by atoms with van der Waals surface area (Å²) in [5.74, 6) is 2.06. The highest BCUT2D eigenvalue weighted by Crippen LogP contribution is 2.39. The maximum atomic E-state index is 12.9. The van der Waals surface area contributed by atoms with Crippen LogP contribution < -0.4 is 15.4 Å². The molecule has 2 fully saturated rings. The number of hydrogen-bond acceptors (Lipinski definition) is 9. The second-order valence-electron chi connectivity index (χ2n) is 10.8. The molecule has 3 aromatic rings. The van der Waals surface area contributed by atoms with E-state index in [-0.39, 0.29) is 11.1 Å². The molecule has 39 heavy (non-hydrogen) atoms. The zero-order valence-electron chi connectivity index (χ0n) is 23.2. The number of anilines is 4. The van der Waals surface area contributed by atoms with Crippen molar-refractivity contribution < 1.29 is 13.2 Å². The molecular weight excluding hydrogens is 514 g/mol. The van der Waals surface area contributed by atoms with Gasteiger partial charge in [0.1, 0.15) is 11.6 Å². The van der Waals surface area contributed by atoms with E-state index in [1.54, 1.807) is 39.4 Å². The van der Waals surface area contributed by atoms with Crippen LogP contribution in [0.1, 0.15) is 55.7 Å². The number of hydrogen-bond donors (Lipinski definition) is 2. The van der Waals surface area contributed by atoms with Crippen LogP contribution in [0.4, 0.5) is 23.1 Å². The van der Waals surface area contributed by atoms with Crippen molar-refractivity contribution in [2.45, 2.75) is 62.3 Å². The van der Waals surface area contributed by atoms with Gasteiger partial charge in [-0.25, -0.2) is 13.4 Å². The summed E-state index contributed by atoms with van der Waals surface area (Å²) < 4.78 is 33.6. The van der Waals surface area contributed by atoms with Gasteiger partial charge >= 0.3 is 0 Å². The van der Waals surface area contributed by atoms with Crippen LogP contribution in [0.2, 0.25) is 0 Å². The van der Waals surface area contributed by atoms with Gasteiger partial charge in [0.05, 0.1) is 22.7 Å². The summed E-state index contributed by atoms with van der Waals surface area (Å²) in [5.41, 5.74) is 4.29. The average Bonchev–Trinajstić information content (AvgIpc) is 3.47. The number of nitrogens with zero attached hydrogens (tertiary/aromatic N) is 5. The van der Waals surface area contributed by atoms with Crippen LogP contribution in [0.5, 0.6) is 5.75 Å². The summed E-state index contributed by atoms with van der Waals surface area (Å²) in [6.07, 6.45) is 8.38. The van der Waals surface area contributed by atoms with E-state index in [9.17, 15) is 8.42 Å². The number of likely N-dealkylation sites (tertiary alicyclic amines) is 1. The van der Waals surface area contributed by atoms with Crippen LogP contribution in [0.3, 0.4) is 0 Å². The number of likely N-dealkylation sites (N-methyl/N-ethyl adjacent to an activating group) is 1. The molecule has 11 heteroatoms. The van der Waals surface area contributed by atoms with Gasteiger partial charge in [-0.1, -0.05) is 12.7 Å². The van der Waals surface area contributed by atoms with Crippen LogP contribution in [0.25, 0.3) is 6.08 Å². The fourth-order valence-corrected chi connectivity index (χ4v) is 5.93. The molecule has 5 rings (SSSR count). The van der Waals surface area contributed by atoms with Crippen molar-refractivity contribution in [2.24, 2.45) is 7.05 Å². The lowest BCUT2D eigenvalue weighted by molar-refractivity contribution is 0.304. The van der Waals surface area contributed by atoms with Crippen LogP contribution >= 0.6 is 0 Å². The molecule has 1 unspecified atom stereocenters. The minimum Gasteiger partial charge on any atom is -0.488 e. The maximum Gasteiger partial charge on any atom is 0.229 e. The summed E-state index contributed by atoms with van der Waals surface area (Å²) >= 11 is 0. The molecule has 2 N–H and O–H groups in total. The van der Waals surface area contributed by atoms with E-state index < -0.39 is 15.1 Å². The third-order valence-corrected chi connectivity index (χ3v) is 9.32. The van der Waals surface area contributed by atoms with E-state index in [1.807, 2.05) is 0 Å². The first-order valence-electron chi connectivity index (χ1n) is 13.4. The highest BCUT2D eigenvalue weighted by Gasteiger charge is 2.29. The lowest BCUT2D eigenvalue weighted by Gasteiger charge is -2.20. The Bertz CT molecular complexity index is 1500. The van der Waals surface area contributed by atoms with E-state index >= 15 is 0 Å². The smallest absolute Gasteiger partial charge is 0.229 e. The lowest BCUT2D eigenvalue weighted by atomic mass is 9.93. The Morgan fingerprint density at radius 2 is 1.92 bits per heavy atom. The summed E-state index contributed by atoms with van der Waals surface area (Å²) in [6, 6.07) is 4.29. The molecule has 2 aliphatic rings. The predicted octanol–water partition coefficient (Wildman–Crippen LogP) is 4.79. The second kappa shape index (κ2) is 10.6. The average molecular weight is 552 g/mol. The Morgan fingerprint density at radius 1 is 1.15 bits per heavy atom. The Morgan fingerprint density at radius 3 is 2.56 bits per heavy atom. The number of aryl methyl sites for hydroxylation is 2. The zero-order valence-corrected chi connectivity index (χ0v) is 24.0. The van der Waals surface area contributed by atoms with Crippen LogP contribution in [0, 0.1) is 6.92 Å².